The second-order valence-corrected chi connectivity index (χ2v) is 17.5. The summed E-state index contributed by atoms with van der Waals surface area (Å²) in [5.41, 5.74) is 13.0. The van der Waals surface area contributed by atoms with Crippen molar-refractivity contribution in [1.29, 1.82) is 0 Å². The highest BCUT2D eigenvalue weighted by atomic mass is 15.0. The van der Waals surface area contributed by atoms with E-state index < -0.39 is 0 Å². The van der Waals surface area contributed by atoms with Crippen molar-refractivity contribution in [3.8, 4) is 67.5 Å². The molecule has 1 aliphatic carbocycles. The van der Waals surface area contributed by atoms with Crippen molar-refractivity contribution >= 4 is 53.9 Å². The first-order valence-electron chi connectivity index (χ1n) is 21.8. The van der Waals surface area contributed by atoms with E-state index >= 15 is 0 Å². The van der Waals surface area contributed by atoms with Crippen molar-refractivity contribution < 1.29 is 0 Å². The van der Waals surface area contributed by atoms with E-state index in [0.29, 0.717) is 17.5 Å². The maximum absolute atomic E-state index is 5.24. The quantitative estimate of drug-likeness (QED) is 0.129. The minimum Gasteiger partial charge on any atom is -0.208 e. The normalized spacial score (nSPS) is 13.0. The van der Waals surface area contributed by atoms with E-state index in [4.69, 9.17) is 15.0 Å². The van der Waals surface area contributed by atoms with Gasteiger partial charge in [0.1, 0.15) is 0 Å². The monoisotopic (exact) mass is 801 g/mol. The van der Waals surface area contributed by atoms with E-state index in [2.05, 4.69) is 178 Å². The molecule has 0 amide bonds. The van der Waals surface area contributed by atoms with Gasteiger partial charge in [0.25, 0.3) is 0 Å². The molecule has 0 fully saturated rings. The molecule has 0 saturated heterocycles. The van der Waals surface area contributed by atoms with Crippen LogP contribution in [0.2, 0.25) is 0 Å². The van der Waals surface area contributed by atoms with Gasteiger partial charge in [-0.1, -0.05) is 202 Å². The zero-order valence-electron chi connectivity index (χ0n) is 34.9. The first kappa shape index (κ1) is 35.7. The smallest absolute Gasteiger partial charge is 0.165 e. The van der Waals surface area contributed by atoms with Crippen molar-refractivity contribution in [1.82, 2.24) is 15.0 Å². The Morgan fingerprint density at radius 2 is 0.746 bits per heavy atom. The van der Waals surface area contributed by atoms with Gasteiger partial charge in [0.15, 0.2) is 17.5 Å². The van der Waals surface area contributed by atoms with Crippen LogP contribution in [0.5, 0.6) is 0 Å². The molecule has 294 valence electrons. The summed E-state index contributed by atoms with van der Waals surface area (Å²) < 4.78 is 0. The third-order valence-electron chi connectivity index (χ3n) is 13.7. The first-order valence-corrected chi connectivity index (χ1v) is 21.8. The fraction of sp³-hybridized carbons (Fsp3) is 0.0500. The van der Waals surface area contributed by atoms with Gasteiger partial charge in [-0.2, -0.15) is 0 Å². The van der Waals surface area contributed by atoms with E-state index in [-0.39, 0.29) is 5.41 Å². The molecule has 3 nitrogen and oxygen atoms in total. The number of benzene rings is 11. The van der Waals surface area contributed by atoms with E-state index in [1.165, 1.54) is 87.6 Å². The van der Waals surface area contributed by atoms with Gasteiger partial charge in [0.2, 0.25) is 0 Å². The summed E-state index contributed by atoms with van der Waals surface area (Å²) >= 11 is 0. The SMILES string of the molecule is CC1(C)c2cc(-c3c4ccccc4c(-c4nc(-c5ccccc5)nc(-c5ccccc5)n4)c4ccccc34)ccc2-c2ccc(-c3ccc4ccc5cccc6ccc3c4c56)cc21. The highest BCUT2D eigenvalue weighted by Crippen LogP contribution is 2.53. The lowest BCUT2D eigenvalue weighted by Crippen LogP contribution is -2.15. The summed E-state index contributed by atoms with van der Waals surface area (Å²) in [5.74, 6) is 1.96. The molecule has 11 aromatic carbocycles. The van der Waals surface area contributed by atoms with E-state index in [9.17, 15) is 0 Å². The van der Waals surface area contributed by atoms with Gasteiger partial charge in [-0.05, 0) is 111 Å². The zero-order valence-corrected chi connectivity index (χ0v) is 34.9. The van der Waals surface area contributed by atoms with Gasteiger partial charge < -0.3 is 0 Å². The molecular formula is C60H39N3. The molecule has 0 radical (unpaired) electrons. The highest BCUT2D eigenvalue weighted by Gasteiger charge is 2.36. The summed E-state index contributed by atoms with van der Waals surface area (Å²) in [6, 6.07) is 72.6. The van der Waals surface area contributed by atoms with Gasteiger partial charge in [-0.3, -0.25) is 0 Å². The average molecular weight is 802 g/mol. The van der Waals surface area contributed by atoms with Gasteiger partial charge in [0.05, 0.1) is 0 Å². The number of hydrogen-bond acceptors (Lipinski definition) is 3. The van der Waals surface area contributed by atoms with Crippen LogP contribution in [0.3, 0.4) is 0 Å². The summed E-state index contributed by atoms with van der Waals surface area (Å²) in [5, 5.41) is 12.4. The first-order chi connectivity index (χ1) is 31.0. The minimum absolute atomic E-state index is 0.224. The molecule has 63 heavy (non-hydrogen) atoms. The van der Waals surface area contributed by atoms with Crippen molar-refractivity contribution in [2.24, 2.45) is 0 Å². The second kappa shape index (κ2) is 13.5. The molecule has 0 aliphatic heterocycles. The Kier molecular flexibility index (Phi) is 7.65. The molecule has 1 heterocycles. The summed E-state index contributed by atoms with van der Waals surface area (Å²) in [6.45, 7) is 4.79. The number of rotatable bonds is 5. The summed E-state index contributed by atoms with van der Waals surface area (Å²) in [6.07, 6.45) is 0. The molecule has 0 saturated carbocycles. The molecule has 13 rings (SSSR count). The fourth-order valence-corrected chi connectivity index (χ4v) is 10.6. The summed E-state index contributed by atoms with van der Waals surface area (Å²) in [4.78, 5) is 15.5. The molecule has 0 spiro atoms. The van der Waals surface area contributed by atoms with Crippen LogP contribution in [0.4, 0.5) is 0 Å². The molecular weight excluding hydrogens is 763 g/mol. The Balaban J connectivity index is 0.972. The topological polar surface area (TPSA) is 38.7 Å². The fourth-order valence-electron chi connectivity index (χ4n) is 10.6. The Hall–Kier alpha value is -8.01. The number of fused-ring (bicyclic) bond motifs is 5. The minimum atomic E-state index is -0.224. The van der Waals surface area contributed by atoms with Crippen LogP contribution in [-0.4, -0.2) is 15.0 Å². The average Bonchev–Trinajstić information content (AvgIpc) is 3.57. The number of aromatic nitrogens is 3. The third-order valence-corrected chi connectivity index (χ3v) is 13.7. The lowest BCUT2D eigenvalue weighted by Gasteiger charge is -2.23. The van der Waals surface area contributed by atoms with Crippen molar-refractivity contribution in [3.05, 3.63) is 211 Å². The Morgan fingerprint density at radius 3 is 1.33 bits per heavy atom. The van der Waals surface area contributed by atoms with Crippen molar-refractivity contribution in [3.63, 3.8) is 0 Å². The Bertz CT molecular complexity index is 3680. The Labute approximate surface area is 365 Å². The maximum atomic E-state index is 5.24. The number of nitrogens with zero attached hydrogens (tertiary/aromatic N) is 3. The van der Waals surface area contributed by atoms with Gasteiger partial charge in [-0.15, -0.1) is 0 Å². The molecule has 0 bridgehead atoms. The van der Waals surface area contributed by atoms with Crippen LogP contribution in [0.15, 0.2) is 200 Å². The lowest BCUT2D eigenvalue weighted by atomic mass is 9.80. The van der Waals surface area contributed by atoms with Gasteiger partial charge in [0, 0.05) is 22.1 Å². The largest absolute Gasteiger partial charge is 0.208 e. The highest BCUT2D eigenvalue weighted by molar-refractivity contribution is 6.25. The lowest BCUT2D eigenvalue weighted by molar-refractivity contribution is 0.661. The van der Waals surface area contributed by atoms with E-state index in [1.54, 1.807) is 0 Å². The van der Waals surface area contributed by atoms with Crippen molar-refractivity contribution in [2.45, 2.75) is 19.3 Å². The third kappa shape index (κ3) is 5.36. The van der Waals surface area contributed by atoms with E-state index in [1.807, 2.05) is 36.4 Å². The van der Waals surface area contributed by atoms with Gasteiger partial charge in [-0.25, -0.2) is 15.0 Å². The molecule has 3 heteroatoms. The van der Waals surface area contributed by atoms with E-state index in [0.717, 1.165) is 27.5 Å². The predicted octanol–water partition coefficient (Wildman–Crippen LogP) is 15.7. The van der Waals surface area contributed by atoms with Crippen LogP contribution >= 0.6 is 0 Å². The molecule has 0 unspecified atom stereocenters. The van der Waals surface area contributed by atoms with Crippen molar-refractivity contribution in [2.75, 3.05) is 0 Å². The molecule has 1 aliphatic rings. The van der Waals surface area contributed by atoms with Gasteiger partial charge >= 0.3 is 0 Å². The van der Waals surface area contributed by atoms with Crippen LogP contribution < -0.4 is 0 Å². The molecule has 1 aromatic heterocycles. The predicted molar refractivity (Wildman–Crippen MR) is 263 cm³/mol. The second-order valence-electron chi connectivity index (χ2n) is 17.5. The molecule has 0 atom stereocenters. The van der Waals surface area contributed by atoms with Crippen LogP contribution in [0, 0.1) is 0 Å². The maximum Gasteiger partial charge on any atom is 0.165 e. The zero-order chi connectivity index (χ0) is 41.8. The molecule has 0 N–H and O–H groups in total. The van der Waals surface area contributed by atoms with Crippen LogP contribution in [-0.2, 0) is 5.41 Å². The van der Waals surface area contributed by atoms with Crippen LogP contribution in [0.1, 0.15) is 25.0 Å². The standard InChI is InChI=1S/C60H39N3/c1-60(2)51-34-41(43-30-26-38-25-24-36-18-13-19-37-27-33-50(43)55(38)53(36)37)28-31-44(51)45-32-29-42(35-52(45)60)54-46-20-9-11-22-48(46)56(49-23-12-10-21-47(49)54)59-62-57(39-14-5-3-6-15-39)61-58(63-59)40-16-7-4-8-17-40/h3-35H,1-2H3. The van der Waals surface area contributed by atoms with Crippen LogP contribution in [0.25, 0.3) is 121 Å². The molecule has 12 aromatic rings. The summed E-state index contributed by atoms with van der Waals surface area (Å²) in [7, 11) is 0. The Morgan fingerprint density at radius 1 is 0.302 bits per heavy atom. The number of hydrogen-bond donors (Lipinski definition) is 0.